The molecule has 2 unspecified atom stereocenters. The molecular weight excluding hydrogens is 370 g/mol. The van der Waals surface area contributed by atoms with Gasteiger partial charge in [0.1, 0.15) is 5.75 Å². The number of fused-ring (bicyclic) bond motifs is 1. The summed E-state index contributed by atoms with van der Waals surface area (Å²) in [4.78, 5) is 27.1. The van der Waals surface area contributed by atoms with Crippen molar-refractivity contribution >= 4 is 23.1 Å². The van der Waals surface area contributed by atoms with Crippen LogP contribution in [0.3, 0.4) is 0 Å². The van der Waals surface area contributed by atoms with Crippen molar-refractivity contribution in [3.05, 3.63) is 54.5 Å². The second kappa shape index (κ2) is 7.90. The number of para-hydroxylation sites is 2. The molecule has 8 nitrogen and oxygen atoms in total. The first-order valence-electron chi connectivity index (χ1n) is 9.70. The predicted octanol–water partition coefficient (Wildman–Crippen LogP) is 2.36. The Morgan fingerprint density at radius 3 is 2.86 bits per heavy atom. The first-order valence-corrected chi connectivity index (χ1v) is 9.70. The van der Waals surface area contributed by atoms with E-state index in [-0.39, 0.29) is 24.3 Å². The van der Waals surface area contributed by atoms with Crippen molar-refractivity contribution in [3.63, 3.8) is 0 Å². The van der Waals surface area contributed by atoms with Crippen LogP contribution >= 0.6 is 0 Å². The lowest BCUT2D eigenvalue weighted by Crippen LogP contribution is -2.35. The summed E-state index contributed by atoms with van der Waals surface area (Å²) in [5, 5.41) is 11.3. The van der Waals surface area contributed by atoms with E-state index in [2.05, 4.69) is 15.5 Å². The largest absolute Gasteiger partial charge is 0.492 e. The fourth-order valence-electron chi connectivity index (χ4n) is 3.62. The molecule has 0 spiro atoms. The summed E-state index contributed by atoms with van der Waals surface area (Å²) in [6.45, 7) is 4.59. The van der Waals surface area contributed by atoms with Crippen molar-refractivity contribution in [3.8, 4) is 5.75 Å². The molecule has 2 amide bonds. The monoisotopic (exact) mass is 393 g/mol. The number of hydrogen-bond acceptors (Lipinski definition) is 5. The molecule has 1 aromatic carbocycles. The van der Waals surface area contributed by atoms with Crippen molar-refractivity contribution in [1.82, 2.24) is 19.9 Å². The third-order valence-corrected chi connectivity index (χ3v) is 5.04. The topological polar surface area (TPSA) is 88.8 Å². The summed E-state index contributed by atoms with van der Waals surface area (Å²) in [6.07, 6.45) is 2.03. The number of nitrogens with zero attached hydrogens (tertiary/aromatic N) is 4. The van der Waals surface area contributed by atoms with Crippen LogP contribution in [0.1, 0.15) is 32.1 Å². The highest BCUT2D eigenvalue weighted by Gasteiger charge is 2.37. The standard InChI is InChI=1S/C21H23N5O3/c1-3-29-17-9-5-4-8-16(17)26-13-15(12-19(26)27)21(28)22-14(2)20-24-23-18-10-6-7-11-25(18)20/h4-11,14-15H,3,12-13H2,1-2H3,(H,22,28). The molecule has 4 rings (SSSR count). The molecule has 0 aliphatic carbocycles. The molecule has 1 aliphatic heterocycles. The molecule has 1 fully saturated rings. The number of pyridine rings is 1. The van der Waals surface area contributed by atoms with Gasteiger partial charge in [0, 0.05) is 19.2 Å². The Bertz CT molecular complexity index is 1050. The molecular formula is C21H23N5O3. The Labute approximate surface area is 168 Å². The maximum Gasteiger partial charge on any atom is 0.227 e. The Balaban J connectivity index is 1.47. The molecule has 150 valence electrons. The summed E-state index contributed by atoms with van der Waals surface area (Å²) < 4.78 is 7.48. The molecule has 29 heavy (non-hydrogen) atoms. The zero-order valence-corrected chi connectivity index (χ0v) is 16.4. The van der Waals surface area contributed by atoms with Crippen molar-refractivity contribution < 1.29 is 14.3 Å². The van der Waals surface area contributed by atoms with Crippen LogP contribution in [0.4, 0.5) is 5.69 Å². The minimum Gasteiger partial charge on any atom is -0.492 e. The van der Waals surface area contributed by atoms with E-state index < -0.39 is 5.92 Å². The number of carbonyl (C=O) groups excluding carboxylic acids is 2. The van der Waals surface area contributed by atoms with E-state index in [0.29, 0.717) is 30.4 Å². The number of nitrogens with one attached hydrogen (secondary N) is 1. The lowest BCUT2D eigenvalue weighted by molar-refractivity contribution is -0.126. The van der Waals surface area contributed by atoms with E-state index in [9.17, 15) is 9.59 Å². The Hall–Kier alpha value is -3.42. The van der Waals surface area contributed by atoms with Gasteiger partial charge in [0.2, 0.25) is 11.8 Å². The summed E-state index contributed by atoms with van der Waals surface area (Å²) in [5.41, 5.74) is 1.42. The molecule has 2 aromatic heterocycles. The minimum atomic E-state index is -0.432. The van der Waals surface area contributed by atoms with Crippen LogP contribution in [-0.2, 0) is 9.59 Å². The second-order valence-electron chi connectivity index (χ2n) is 7.02. The van der Waals surface area contributed by atoms with Gasteiger partial charge in [-0.05, 0) is 38.1 Å². The summed E-state index contributed by atoms with van der Waals surface area (Å²) in [6, 6.07) is 12.7. The van der Waals surface area contributed by atoms with Crippen LogP contribution in [0.5, 0.6) is 5.75 Å². The Morgan fingerprint density at radius 1 is 1.24 bits per heavy atom. The van der Waals surface area contributed by atoms with Gasteiger partial charge in [-0.15, -0.1) is 10.2 Å². The molecule has 3 aromatic rings. The van der Waals surface area contributed by atoms with Gasteiger partial charge < -0.3 is 15.0 Å². The molecule has 8 heteroatoms. The third kappa shape index (κ3) is 3.65. The van der Waals surface area contributed by atoms with E-state index in [4.69, 9.17) is 4.74 Å². The van der Waals surface area contributed by atoms with Crippen molar-refractivity contribution in [2.24, 2.45) is 5.92 Å². The number of anilines is 1. The number of carbonyl (C=O) groups is 2. The number of rotatable bonds is 6. The van der Waals surface area contributed by atoms with Crippen molar-refractivity contribution in [2.75, 3.05) is 18.1 Å². The first-order chi connectivity index (χ1) is 14.1. The van der Waals surface area contributed by atoms with Gasteiger partial charge in [0.25, 0.3) is 0 Å². The highest BCUT2D eigenvalue weighted by molar-refractivity contribution is 6.01. The fourth-order valence-corrected chi connectivity index (χ4v) is 3.62. The van der Waals surface area contributed by atoms with Gasteiger partial charge >= 0.3 is 0 Å². The predicted molar refractivity (Wildman–Crippen MR) is 108 cm³/mol. The fraction of sp³-hybridized carbons (Fsp3) is 0.333. The number of aromatic nitrogens is 3. The second-order valence-corrected chi connectivity index (χ2v) is 7.02. The zero-order chi connectivity index (χ0) is 20.4. The average Bonchev–Trinajstić information content (AvgIpc) is 3.32. The minimum absolute atomic E-state index is 0.0853. The van der Waals surface area contributed by atoms with Crippen molar-refractivity contribution in [1.29, 1.82) is 0 Å². The molecule has 2 atom stereocenters. The molecule has 3 heterocycles. The van der Waals surface area contributed by atoms with Crippen molar-refractivity contribution in [2.45, 2.75) is 26.3 Å². The maximum atomic E-state index is 12.8. The van der Waals surface area contributed by atoms with Crippen LogP contribution in [0.25, 0.3) is 5.65 Å². The quantitative estimate of drug-likeness (QED) is 0.695. The molecule has 1 saturated heterocycles. The van der Waals surface area contributed by atoms with E-state index >= 15 is 0 Å². The average molecular weight is 393 g/mol. The first kappa shape index (κ1) is 18.9. The SMILES string of the molecule is CCOc1ccccc1N1CC(C(=O)NC(C)c2nnc3ccccn23)CC1=O. The van der Waals surface area contributed by atoms with Gasteiger partial charge in [0.05, 0.1) is 24.3 Å². The summed E-state index contributed by atoms with van der Waals surface area (Å²) in [7, 11) is 0. The van der Waals surface area contributed by atoms with Crippen LogP contribution in [0.15, 0.2) is 48.7 Å². The Kier molecular flexibility index (Phi) is 5.16. The molecule has 1 aliphatic rings. The molecule has 1 N–H and O–H groups in total. The van der Waals surface area contributed by atoms with E-state index in [1.165, 1.54) is 0 Å². The zero-order valence-electron chi connectivity index (χ0n) is 16.4. The van der Waals surface area contributed by atoms with Gasteiger partial charge in [-0.2, -0.15) is 0 Å². The number of ether oxygens (including phenoxy) is 1. The maximum absolute atomic E-state index is 12.8. The molecule has 0 saturated carbocycles. The number of benzene rings is 1. The van der Waals surface area contributed by atoms with Crippen LogP contribution < -0.4 is 15.0 Å². The van der Waals surface area contributed by atoms with Crippen LogP contribution in [0.2, 0.25) is 0 Å². The van der Waals surface area contributed by atoms with Gasteiger partial charge in [-0.3, -0.25) is 14.0 Å². The van der Waals surface area contributed by atoms with Gasteiger partial charge in [-0.1, -0.05) is 18.2 Å². The number of hydrogen-bond donors (Lipinski definition) is 1. The van der Waals surface area contributed by atoms with Crippen LogP contribution in [0, 0.1) is 5.92 Å². The molecule has 0 bridgehead atoms. The van der Waals surface area contributed by atoms with E-state index in [1.807, 2.05) is 66.9 Å². The number of amides is 2. The lowest BCUT2D eigenvalue weighted by atomic mass is 10.1. The smallest absolute Gasteiger partial charge is 0.227 e. The third-order valence-electron chi connectivity index (χ3n) is 5.04. The van der Waals surface area contributed by atoms with E-state index in [0.717, 1.165) is 5.65 Å². The summed E-state index contributed by atoms with van der Waals surface area (Å²) >= 11 is 0. The summed E-state index contributed by atoms with van der Waals surface area (Å²) in [5.74, 6) is 0.608. The highest BCUT2D eigenvalue weighted by Crippen LogP contribution is 2.33. The molecule has 0 radical (unpaired) electrons. The van der Waals surface area contributed by atoms with E-state index in [1.54, 1.807) is 4.90 Å². The Morgan fingerprint density at radius 2 is 2.03 bits per heavy atom. The highest BCUT2D eigenvalue weighted by atomic mass is 16.5. The lowest BCUT2D eigenvalue weighted by Gasteiger charge is -2.20. The van der Waals surface area contributed by atoms with Crippen LogP contribution in [-0.4, -0.2) is 39.6 Å². The van der Waals surface area contributed by atoms with Gasteiger partial charge in [0.15, 0.2) is 11.5 Å². The van der Waals surface area contributed by atoms with Gasteiger partial charge in [-0.25, -0.2) is 0 Å². The normalized spacial score (nSPS) is 17.5.